The molecule has 12 nitrogen and oxygen atoms in total. The highest BCUT2D eigenvalue weighted by molar-refractivity contribution is 6.01. The van der Waals surface area contributed by atoms with Crippen LogP contribution >= 0.6 is 0 Å². The number of amides is 3. The Morgan fingerprint density at radius 2 is 1.75 bits per heavy atom. The number of pyridine rings is 1. The quantitative estimate of drug-likeness (QED) is 0.178. The number of piperidine rings is 3. The Bertz CT molecular complexity index is 1930. The highest BCUT2D eigenvalue weighted by Gasteiger charge is 2.40. The SMILES string of the molecule is CC(C)Oc1ccc2c(c1)N(c1cccc(C(F)F)n1)N(C1CCN(C(=O)CC3(O)CCN(c4cc(F)c(NC5CCC(=O)NC5=O)cc4F)CC3)CC1)C2. The minimum absolute atomic E-state index is 0.0136. The first-order valence-corrected chi connectivity index (χ1v) is 18.7. The van der Waals surface area contributed by atoms with Crippen LogP contribution < -0.4 is 25.3 Å². The van der Waals surface area contributed by atoms with Crippen molar-refractivity contribution in [2.75, 3.05) is 41.4 Å². The van der Waals surface area contributed by atoms with Crippen LogP contribution in [-0.4, -0.2) is 87.7 Å². The topological polar surface area (TPSA) is 131 Å². The Labute approximate surface area is 316 Å². The number of halogens is 4. The van der Waals surface area contributed by atoms with Crippen LogP contribution in [-0.2, 0) is 20.9 Å². The maximum Gasteiger partial charge on any atom is 0.280 e. The third-order valence-corrected chi connectivity index (χ3v) is 10.8. The van der Waals surface area contributed by atoms with Crippen molar-refractivity contribution in [2.45, 2.75) is 95.6 Å². The lowest BCUT2D eigenvalue weighted by Gasteiger charge is -2.42. The van der Waals surface area contributed by atoms with Gasteiger partial charge >= 0.3 is 0 Å². The molecule has 0 bridgehead atoms. The molecule has 3 fully saturated rings. The molecule has 3 amide bonds. The van der Waals surface area contributed by atoms with Gasteiger partial charge in [-0.15, -0.1) is 0 Å². The van der Waals surface area contributed by atoms with Crippen molar-refractivity contribution in [3.8, 4) is 5.75 Å². The lowest BCUT2D eigenvalue weighted by molar-refractivity contribution is -0.139. The standard InChI is InChI=1S/C39H45F4N7O5/c1-23(2)55-26-7-6-24-22-49(50(32(24)18-26)34-5-3-4-29(45-34)37(42)43)25-10-14-48(15-11-25)36(52)21-39(54)12-16-47(17-13-39)33-20-27(40)31(19-28(33)41)44-30-8-9-35(51)46-38(30)53/h3-7,18-20,23,25,30,37,44,54H,8-17,21-22H2,1-2H3,(H,46,51,53). The molecule has 16 heteroatoms. The zero-order valence-electron chi connectivity index (χ0n) is 30.7. The molecular weight excluding hydrogens is 722 g/mol. The molecule has 1 unspecified atom stereocenters. The molecule has 0 spiro atoms. The molecule has 3 saturated heterocycles. The van der Waals surface area contributed by atoms with Crippen molar-refractivity contribution in [3.63, 3.8) is 0 Å². The number of benzene rings is 2. The van der Waals surface area contributed by atoms with Gasteiger partial charge in [-0.3, -0.25) is 24.7 Å². The van der Waals surface area contributed by atoms with E-state index in [9.17, 15) is 28.3 Å². The molecule has 55 heavy (non-hydrogen) atoms. The number of nitrogens with zero attached hydrogens (tertiary/aromatic N) is 5. The molecule has 0 saturated carbocycles. The second-order valence-corrected chi connectivity index (χ2v) is 15.0. The number of nitrogens with one attached hydrogen (secondary N) is 2. The Morgan fingerprint density at radius 1 is 1.00 bits per heavy atom. The van der Waals surface area contributed by atoms with Gasteiger partial charge in [0.15, 0.2) is 0 Å². The fraction of sp³-hybridized carbons (Fsp3) is 0.487. The maximum absolute atomic E-state index is 15.3. The van der Waals surface area contributed by atoms with Gasteiger partial charge in [0.2, 0.25) is 17.7 Å². The van der Waals surface area contributed by atoms with Gasteiger partial charge in [0.05, 0.1) is 35.2 Å². The fourth-order valence-corrected chi connectivity index (χ4v) is 7.89. The summed E-state index contributed by atoms with van der Waals surface area (Å²) in [6, 6.07) is 11.5. The number of rotatable bonds is 10. The number of alkyl halides is 2. The number of hydrazine groups is 1. The average Bonchev–Trinajstić information content (AvgIpc) is 3.53. The van der Waals surface area contributed by atoms with Gasteiger partial charge in [0.25, 0.3) is 6.43 Å². The number of anilines is 4. The number of carbonyl (C=O) groups is 3. The Morgan fingerprint density at radius 3 is 2.44 bits per heavy atom. The summed E-state index contributed by atoms with van der Waals surface area (Å²) >= 11 is 0. The van der Waals surface area contributed by atoms with Gasteiger partial charge in [0, 0.05) is 63.4 Å². The van der Waals surface area contributed by atoms with E-state index in [1.54, 1.807) is 21.9 Å². The molecule has 2 aromatic carbocycles. The summed E-state index contributed by atoms with van der Waals surface area (Å²) < 4.78 is 63.7. The van der Waals surface area contributed by atoms with Crippen molar-refractivity contribution in [2.24, 2.45) is 0 Å². The predicted molar refractivity (Wildman–Crippen MR) is 196 cm³/mol. The lowest BCUT2D eigenvalue weighted by Crippen LogP contribution is -2.52. The summed E-state index contributed by atoms with van der Waals surface area (Å²) in [5.74, 6) is -1.65. The number of ether oxygens (including phenoxy) is 1. The first-order chi connectivity index (χ1) is 26.3. The van der Waals surface area contributed by atoms with Crippen LogP contribution in [0.3, 0.4) is 0 Å². The molecule has 3 aromatic rings. The minimum atomic E-state index is -2.73. The largest absolute Gasteiger partial charge is 0.491 e. The number of fused-ring (bicyclic) bond motifs is 1. The van der Waals surface area contributed by atoms with Gasteiger partial charge in [-0.05, 0) is 69.7 Å². The molecule has 5 heterocycles. The van der Waals surface area contributed by atoms with Crippen molar-refractivity contribution in [1.29, 1.82) is 0 Å². The molecule has 3 N–H and O–H groups in total. The number of hydrogen-bond donors (Lipinski definition) is 3. The van der Waals surface area contributed by atoms with E-state index in [4.69, 9.17) is 4.74 Å². The summed E-state index contributed by atoms with van der Waals surface area (Å²) in [5.41, 5.74) is -0.0268. The van der Waals surface area contributed by atoms with Crippen LogP contribution in [0.15, 0.2) is 48.5 Å². The van der Waals surface area contributed by atoms with Crippen LogP contribution in [0.5, 0.6) is 5.75 Å². The van der Waals surface area contributed by atoms with Crippen molar-refractivity contribution < 1.29 is 41.8 Å². The number of likely N-dealkylation sites (tertiary alicyclic amines) is 1. The average molecular weight is 768 g/mol. The molecule has 0 aliphatic carbocycles. The summed E-state index contributed by atoms with van der Waals surface area (Å²) in [4.78, 5) is 44.7. The normalized spacial score (nSPS) is 20.6. The van der Waals surface area contributed by atoms with Crippen molar-refractivity contribution >= 4 is 40.6 Å². The summed E-state index contributed by atoms with van der Waals surface area (Å²) in [7, 11) is 0. The highest BCUT2D eigenvalue weighted by atomic mass is 19.3. The summed E-state index contributed by atoms with van der Waals surface area (Å²) in [5, 5.41) is 20.3. The molecule has 294 valence electrons. The number of hydrogen-bond acceptors (Lipinski definition) is 10. The van der Waals surface area contributed by atoms with Gasteiger partial charge in [-0.1, -0.05) is 12.1 Å². The fourth-order valence-electron chi connectivity index (χ4n) is 7.89. The van der Waals surface area contributed by atoms with E-state index in [1.807, 2.05) is 37.1 Å². The number of aromatic nitrogens is 1. The second kappa shape index (κ2) is 15.6. The van der Waals surface area contributed by atoms with Crippen LogP contribution in [0.4, 0.5) is 40.4 Å². The van der Waals surface area contributed by atoms with Gasteiger partial charge in [-0.25, -0.2) is 27.6 Å². The van der Waals surface area contributed by atoms with E-state index in [0.717, 1.165) is 23.4 Å². The Balaban J connectivity index is 0.960. The summed E-state index contributed by atoms with van der Waals surface area (Å²) in [6.07, 6.45) is -1.10. The van der Waals surface area contributed by atoms with Gasteiger partial charge < -0.3 is 25.0 Å². The zero-order valence-corrected chi connectivity index (χ0v) is 30.7. The first-order valence-electron chi connectivity index (χ1n) is 18.7. The number of imide groups is 1. The molecular formula is C39H45F4N7O5. The second-order valence-electron chi connectivity index (χ2n) is 15.0. The van der Waals surface area contributed by atoms with E-state index in [-0.39, 0.29) is 80.3 Å². The van der Waals surface area contributed by atoms with Crippen LogP contribution in [0.2, 0.25) is 0 Å². The third kappa shape index (κ3) is 8.34. The molecule has 1 aromatic heterocycles. The summed E-state index contributed by atoms with van der Waals surface area (Å²) in [6.45, 7) is 5.63. The Kier molecular flexibility index (Phi) is 10.9. The molecule has 4 aliphatic heterocycles. The number of aliphatic hydroxyl groups is 1. The van der Waals surface area contributed by atoms with E-state index in [1.165, 1.54) is 6.07 Å². The molecule has 0 radical (unpaired) electrons. The van der Waals surface area contributed by atoms with Crippen LogP contribution in [0.25, 0.3) is 0 Å². The minimum Gasteiger partial charge on any atom is -0.491 e. The monoisotopic (exact) mass is 767 g/mol. The van der Waals surface area contributed by atoms with E-state index < -0.39 is 41.5 Å². The smallest absolute Gasteiger partial charge is 0.280 e. The third-order valence-electron chi connectivity index (χ3n) is 10.8. The highest BCUT2D eigenvalue weighted by Crippen LogP contribution is 2.42. The number of carbonyl (C=O) groups excluding carboxylic acids is 3. The molecule has 7 rings (SSSR count). The van der Waals surface area contributed by atoms with Gasteiger partial charge in [-0.2, -0.15) is 0 Å². The van der Waals surface area contributed by atoms with E-state index >= 15 is 8.78 Å². The molecule has 4 aliphatic rings. The van der Waals surface area contributed by atoms with E-state index in [0.29, 0.717) is 44.0 Å². The molecule has 1 atom stereocenters. The van der Waals surface area contributed by atoms with Crippen molar-refractivity contribution in [3.05, 3.63) is 71.4 Å². The zero-order chi connectivity index (χ0) is 39.0. The van der Waals surface area contributed by atoms with Crippen LogP contribution in [0.1, 0.15) is 76.5 Å². The Hall–Kier alpha value is -4.96. The van der Waals surface area contributed by atoms with Gasteiger partial charge in [0.1, 0.15) is 34.9 Å². The van der Waals surface area contributed by atoms with Crippen molar-refractivity contribution in [1.82, 2.24) is 20.2 Å². The maximum atomic E-state index is 15.3. The van der Waals surface area contributed by atoms with E-state index in [2.05, 4.69) is 20.6 Å². The lowest BCUT2D eigenvalue weighted by atomic mass is 9.87. The predicted octanol–water partition coefficient (Wildman–Crippen LogP) is 5.58. The van der Waals surface area contributed by atoms with Crippen LogP contribution in [0, 0.1) is 11.6 Å². The first kappa shape index (κ1) is 38.3.